The first-order valence-electron chi connectivity index (χ1n) is 10.5. The molecule has 1 aliphatic carbocycles. The van der Waals surface area contributed by atoms with Crippen LogP contribution in [0.15, 0.2) is 67.9 Å². The molecule has 0 radical (unpaired) electrons. The molecule has 0 fully saturated rings. The van der Waals surface area contributed by atoms with Gasteiger partial charge in [-0.05, 0) is 49.2 Å². The number of fused-ring (bicyclic) bond motifs is 4. The number of benzene rings is 3. The van der Waals surface area contributed by atoms with Crippen molar-refractivity contribution in [1.29, 1.82) is 0 Å². The molecule has 0 spiro atoms. The normalized spacial score (nSPS) is 13.1. The molecule has 2 aromatic heterocycles. The zero-order chi connectivity index (χ0) is 23.4. The molecule has 3 aromatic carbocycles. The maximum atomic E-state index is 13.0. The summed E-state index contributed by atoms with van der Waals surface area (Å²) in [6, 6.07) is 14.3. The third-order valence-electron chi connectivity index (χ3n) is 5.72. The Morgan fingerprint density at radius 1 is 0.706 bits per heavy atom. The molecular weight excluding hydrogens is 505 g/mol. The number of aromatic hydroxyl groups is 2. The minimum atomic E-state index is -0.106. The van der Waals surface area contributed by atoms with E-state index < -0.39 is 0 Å². The SMILES string of the molecule is O=c1c2c(sc3c(O)cc(SSc4cc(O)c5sc6ccccc6c(=O)c5c4)cc13)=CCCC=2. The number of hydrogen-bond donors (Lipinski definition) is 2. The molecule has 0 atom stereocenters. The van der Waals surface area contributed by atoms with Gasteiger partial charge in [0.1, 0.15) is 11.5 Å². The highest BCUT2D eigenvalue weighted by Gasteiger charge is 2.14. The highest BCUT2D eigenvalue weighted by Crippen LogP contribution is 2.43. The van der Waals surface area contributed by atoms with Gasteiger partial charge >= 0.3 is 0 Å². The van der Waals surface area contributed by atoms with Crippen LogP contribution in [-0.4, -0.2) is 10.2 Å². The molecule has 0 amide bonds. The summed E-state index contributed by atoms with van der Waals surface area (Å²) in [7, 11) is 2.74. The van der Waals surface area contributed by atoms with E-state index >= 15 is 0 Å². The Hall–Kier alpha value is -2.78. The van der Waals surface area contributed by atoms with Crippen molar-refractivity contribution in [1.82, 2.24) is 0 Å². The highest BCUT2D eigenvalue weighted by molar-refractivity contribution is 8.76. The Labute approximate surface area is 208 Å². The van der Waals surface area contributed by atoms with Gasteiger partial charge in [-0.15, -0.1) is 22.7 Å². The van der Waals surface area contributed by atoms with Crippen molar-refractivity contribution in [2.45, 2.75) is 22.6 Å². The fraction of sp³-hybridized carbons (Fsp3) is 0.0769. The van der Waals surface area contributed by atoms with E-state index in [-0.39, 0.29) is 22.4 Å². The van der Waals surface area contributed by atoms with Crippen LogP contribution in [-0.2, 0) is 0 Å². The Bertz CT molecular complexity index is 1890. The maximum absolute atomic E-state index is 13.0. The molecular formula is C26H16O4S4. The molecule has 2 heterocycles. The smallest absolute Gasteiger partial charge is 0.196 e. The van der Waals surface area contributed by atoms with E-state index in [2.05, 4.69) is 6.08 Å². The van der Waals surface area contributed by atoms with Crippen molar-refractivity contribution in [2.24, 2.45) is 0 Å². The van der Waals surface area contributed by atoms with Gasteiger partial charge in [0.05, 0.1) is 9.40 Å². The van der Waals surface area contributed by atoms with Gasteiger partial charge in [0.15, 0.2) is 10.9 Å². The Morgan fingerprint density at radius 3 is 2.06 bits per heavy atom. The highest BCUT2D eigenvalue weighted by atomic mass is 33.1. The monoisotopic (exact) mass is 520 g/mol. The van der Waals surface area contributed by atoms with E-state index in [1.54, 1.807) is 24.3 Å². The van der Waals surface area contributed by atoms with Crippen LogP contribution in [0.4, 0.5) is 0 Å². The van der Waals surface area contributed by atoms with Gasteiger partial charge in [0.2, 0.25) is 0 Å². The first kappa shape index (κ1) is 21.7. The average molecular weight is 521 g/mol. The average Bonchev–Trinajstić information content (AvgIpc) is 2.84. The molecule has 168 valence electrons. The fourth-order valence-corrected chi connectivity index (χ4v) is 8.32. The number of phenolic OH excluding ortho intramolecular Hbond substituents is 2. The first-order valence-corrected chi connectivity index (χ1v) is 14.3. The summed E-state index contributed by atoms with van der Waals surface area (Å²) in [6.07, 6.45) is 5.78. The Morgan fingerprint density at radius 2 is 1.32 bits per heavy atom. The second kappa shape index (κ2) is 8.46. The number of phenols is 2. The summed E-state index contributed by atoms with van der Waals surface area (Å²) in [6.45, 7) is 0. The van der Waals surface area contributed by atoms with Crippen LogP contribution in [0.25, 0.3) is 42.4 Å². The molecule has 0 saturated carbocycles. The lowest BCUT2D eigenvalue weighted by molar-refractivity contribution is 0.480. The second-order valence-electron chi connectivity index (χ2n) is 7.93. The zero-order valence-corrected chi connectivity index (χ0v) is 20.8. The van der Waals surface area contributed by atoms with Crippen molar-refractivity contribution in [3.05, 3.63) is 78.7 Å². The van der Waals surface area contributed by atoms with Gasteiger partial charge in [-0.1, -0.05) is 45.9 Å². The standard InChI is InChI=1S/C26H16O4S4/c27-19-11-13(9-17-23(29)15-5-1-3-7-21(15)31-25(17)19)33-34-14-10-18-24(30)16-6-2-4-8-22(16)32-26(18)20(28)12-14/h1,3,5-12,27-28H,2,4H2. The van der Waals surface area contributed by atoms with Crippen molar-refractivity contribution in [3.63, 3.8) is 0 Å². The molecule has 2 N–H and O–H groups in total. The van der Waals surface area contributed by atoms with E-state index in [1.807, 2.05) is 30.3 Å². The largest absolute Gasteiger partial charge is 0.506 e. The van der Waals surface area contributed by atoms with Gasteiger partial charge in [-0.25, -0.2) is 0 Å². The van der Waals surface area contributed by atoms with Crippen LogP contribution in [0.2, 0.25) is 0 Å². The summed E-state index contributed by atoms with van der Waals surface area (Å²) < 4.78 is 2.92. The summed E-state index contributed by atoms with van der Waals surface area (Å²) in [5.74, 6) is 0.151. The number of rotatable bonds is 3. The van der Waals surface area contributed by atoms with Gasteiger partial charge in [0, 0.05) is 40.4 Å². The van der Waals surface area contributed by atoms with Gasteiger partial charge < -0.3 is 10.2 Å². The van der Waals surface area contributed by atoms with Crippen LogP contribution in [0.1, 0.15) is 12.8 Å². The molecule has 0 bridgehead atoms. The van der Waals surface area contributed by atoms with Crippen LogP contribution >= 0.6 is 44.3 Å². The van der Waals surface area contributed by atoms with Gasteiger partial charge in [0.25, 0.3) is 0 Å². The first-order chi connectivity index (χ1) is 16.5. The number of hydrogen-bond acceptors (Lipinski definition) is 8. The van der Waals surface area contributed by atoms with E-state index in [9.17, 15) is 19.8 Å². The molecule has 5 aromatic rings. The van der Waals surface area contributed by atoms with E-state index in [0.29, 0.717) is 35.7 Å². The van der Waals surface area contributed by atoms with Crippen molar-refractivity contribution < 1.29 is 10.2 Å². The van der Waals surface area contributed by atoms with Crippen LogP contribution < -0.4 is 20.6 Å². The lowest BCUT2D eigenvalue weighted by Crippen LogP contribution is -2.38. The Balaban J connectivity index is 1.40. The molecule has 0 saturated heterocycles. The third-order valence-corrected chi connectivity index (χ3v) is 10.5. The second-order valence-corrected chi connectivity index (χ2v) is 12.3. The Kier molecular flexibility index (Phi) is 5.41. The lowest BCUT2D eigenvalue weighted by Gasteiger charge is -2.08. The van der Waals surface area contributed by atoms with Gasteiger partial charge in [-0.2, -0.15) is 0 Å². The van der Waals surface area contributed by atoms with E-state index in [4.69, 9.17) is 0 Å². The topological polar surface area (TPSA) is 74.6 Å². The molecule has 6 rings (SSSR count). The predicted octanol–water partition coefficient (Wildman–Crippen LogP) is 5.56. The summed E-state index contributed by atoms with van der Waals surface area (Å²) in [5, 5.41) is 23.6. The molecule has 0 aliphatic heterocycles. The minimum absolute atomic E-state index is 0.0600. The van der Waals surface area contributed by atoms with Crippen LogP contribution in [0.3, 0.4) is 0 Å². The van der Waals surface area contributed by atoms with Crippen molar-refractivity contribution in [2.75, 3.05) is 0 Å². The van der Waals surface area contributed by atoms with Crippen LogP contribution in [0, 0.1) is 0 Å². The summed E-state index contributed by atoms with van der Waals surface area (Å²) >= 11 is 2.83. The van der Waals surface area contributed by atoms with Crippen LogP contribution in [0.5, 0.6) is 11.5 Å². The van der Waals surface area contributed by atoms with Gasteiger partial charge in [-0.3, -0.25) is 9.59 Å². The van der Waals surface area contributed by atoms with E-state index in [0.717, 1.165) is 27.0 Å². The third kappa shape index (κ3) is 3.62. The summed E-state index contributed by atoms with van der Waals surface area (Å²) in [4.78, 5) is 27.5. The summed E-state index contributed by atoms with van der Waals surface area (Å²) in [5.41, 5.74) is -0.166. The minimum Gasteiger partial charge on any atom is -0.506 e. The fourth-order valence-electron chi connectivity index (χ4n) is 4.13. The zero-order valence-electron chi connectivity index (χ0n) is 17.5. The predicted molar refractivity (Wildman–Crippen MR) is 146 cm³/mol. The maximum Gasteiger partial charge on any atom is 0.196 e. The van der Waals surface area contributed by atoms with E-state index in [1.165, 1.54) is 44.3 Å². The molecule has 8 heteroatoms. The molecule has 34 heavy (non-hydrogen) atoms. The molecule has 1 aliphatic rings. The lowest BCUT2D eigenvalue weighted by atomic mass is 10.1. The molecule has 4 nitrogen and oxygen atoms in total. The molecule has 0 unspecified atom stereocenters. The van der Waals surface area contributed by atoms with Crippen molar-refractivity contribution in [3.8, 4) is 11.5 Å². The quantitative estimate of drug-likeness (QED) is 0.240. The van der Waals surface area contributed by atoms with Crippen molar-refractivity contribution >= 4 is 86.7 Å².